The number of pyridine rings is 1. The van der Waals surface area contributed by atoms with Crippen molar-refractivity contribution in [1.29, 1.82) is 0 Å². The monoisotopic (exact) mass is 236 g/mol. The number of hydrogen-bond acceptors (Lipinski definition) is 2. The predicted molar refractivity (Wildman–Crippen MR) is 51.6 cm³/mol. The molecule has 90 valence electrons. The van der Waals surface area contributed by atoms with E-state index in [4.69, 9.17) is 0 Å². The number of rotatable bonds is 5. The maximum absolute atomic E-state index is 12.5. The molecule has 0 saturated heterocycles. The van der Waals surface area contributed by atoms with Gasteiger partial charge in [0.2, 0.25) is 0 Å². The van der Waals surface area contributed by atoms with E-state index in [1.165, 1.54) is 0 Å². The smallest absolute Gasteiger partial charge is 0.305 e. The van der Waals surface area contributed by atoms with Gasteiger partial charge in [0.25, 0.3) is 0 Å². The van der Waals surface area contributed by atoms with Crippen LogP contribution in [0.2, 0.25) is 0 Å². The van der Waals surface area contributed by atoms with Crippen molar-refractivity contribution in [1.82, 2.24) is 10.3 Å². The van der Waals surface area contributed by atoms with Gasteiger partial charge in [0, 0.05) is 12.2 Å². The lowest BCUT2D eigenvalue weighted by atomic mass is 10.3. The third kappa shape index (κ3) is 3.77. The maximum Gasteiger partial charge on any atom is 0.319 e. The van der Waals surface area contributed by atoms with Crippen molar-refractivity contribution in [3.63, 3.8) is 0 Å². The van der Waals surface area contributed by atoms with Crippen molar-refractivity contribution in [2.45, 2.75) is 25.8 Å². The summed E-state index contributed by atoms with van der Waals surface area (Å²) in [6.45, 7) is 0.752. The molecule has 1 rings (SSSR count). The SMILES string of the molecule is Cc1cccc(CNCC(F)(F)C(F)F)n1. The molecule has 0 aliphatic rings. The number of nitrogens with zero attached hydrogens (tertiary/aromatic N) is 1. The summed E-state index contributed by atoms with van der Waals surface area (Å²) >= 11 is 0. The molecule has 0 saturated carbocycles. The van der Waals surface area contributed by atoms with Crippen LogP contribution in [0.25, 0.3) is 0 Å². The molecule has 0 bridgehead atoms. The largest absolute Gasteiger partial charge is 0.319 e. The highest BCUT2D eigenvalue weighted by Crippen LogP contribution is 2.21. The van der Waals surface area contributed by atoms with E-state index in [0.29, 0.717) is 5.69 Å². The quantitative estimate of drug-likeness (QED) is 0.794. The lowest BCUT2D eigenvalue weighted by Crippen LogP contribution is -2.38. The molecular weight excluding hydrogens is 224 g/mol. The Labute approximate surface area is 90.7 Å². The predicted octanol–water partition coefficient (Wildman–Crippen LogP) is 2.38. The molecule has 0 spiro atoms. The van der Waals surface area contributed by atoms with Gasteiger partial charge in [-0.2, -0.15) is 8.78 Å². The van der Waals surface area contributed by atoms with Crippen LogP contribution in [-0.2, 0) is 6.54 Å². The molecule has 0 aliphatic heterocycles. The molecule has 0 fully saturated rings. The minimum atomic E-state index is -4.00. The third-order valence-electron chi connectivity index (χ3n) is 1.93. The zero-order valence-electron chi connectivity index (χ0n) is 8.68. The van der Waals surface area contributed by atoms with Gasteiger partial charge >= 0.3 is 12.3 Å². The van der Waals surface area contributed by atoms with E-state index in [1.54, 1.807) is 25.1 Å². The van der Waals surface area contributed by atoms with Crippen LogP contribution in [0.3, 0.4) is 0 Å². The van der Waals surface area contributed by atoms with Crippen molar-refractivity contribution in [2.75, 3.05) is 6.54 Å². The minimum Gasteiger partial charge on any atom is -0.305 e. The topological polar surface area (TPSA) is 24.9 Å². The van der Waals surface area contributed by atoms with Gasteiger partial charge in [0.15, 0.2) is 0 Å². The molecule has 1 N–H and O–H groups in total. The van der Waals surface area contributed by atoms with E-state index in [1.807, 2.05) is 0 Å². The average Bonchev–Trinajstić information content (AvgIpc) is 2.17. The molecule has 6 heteroatoms. The van der Waals surface area contributed by atoms with E-state index < -0.39 is 18.9 Å². The molecule has 0 unspecified atom stereocenters. The number of halogens is 4. The summed E-state index contributed by atoms with van der Waals surface area (Å²) in [6, 6.07) is 5.13. The summed E-state index contributed by atoms with van der Waals surface area (Å²) in [5, 5.41) is 2.26. The van der Waals surface area contributed by atoms with Gasteiger partial charge in [-0.3, -0.25) is 4.98 Å². The van der Waals surface area contributed by atoms with Crippen LogP contribution in [0.5, 0.6) is 0 Å². The number of alkyl halides is 4. The Morgan fingerprint density at radius 3 is 2.62 bits per heavy atom. The molecule has 0 radical (unpaired) electrons. The second-order valence-electron chi connectivity index (χ2n) is 3.44. The highest BCUT2D eigenvalue weighted by atomic mass is 19.3. The van der Waals surface area contributed by atoms with Crippen LogP contribution in [-0.4, -0.2) is 23.9 Å². The fourth-order valence-corrected chi connectivity index (χ4v) is 1.13. The number of nitrogens with one attached hydrogen (secondary N) is 1. The molecule has 0 aromatic carbocycles. The van der Waals surface area contributed by atoms with Crippen LogP contribution >= 0.6 is 0 Å². The highest BCUT2D eigenvalue weighted by molar-refractivity contribution is 5.09. The molecule has 0 aliphatic carbocycles. The number of hydrogen-bond donors (Lipinski definition) is 1. The Morgan fingerprint density at radius 2 is 2.06 bits per heavy atom. The standard InChI is InChI=1S/C10H12F4N2/c1-7-3-2-4-8(16-7)5-15-6-10(13,14)9(11)12/h2-4,9,15H,5-6H2,1H3. The van der Waals surface area contributed by atoms with E-state index in [9.17, 15) is 17.6 Å². The van der Waals surface area contributed by atoms with Crippen LogP contribution in [0, 0.1) is 6.92 Å². The number of aryl methyl sites for hydroxylation is 1. The van der Waals surface area contributed by atoms with Gasteiger partial charge in [-0.05, 0) is 19.1 Å². The second-order valence-corrected chi connectivity index (χ2v) is 3.44. The molecule has 0 amide bonds. The first kappa shape index (κ1) is 12.9. The van der Waals surface area contributed by atoms with Gasteiger partial charge in [-0.15, -0.1) is 0 Å². The first-order valence-electron chi connectivity index (χ1n) is 4.71. The zero-order valence-corrected chi connectivity index (χ0v) is 8.68. The van der Waals surface area contributed by atoms with E-state index in [-0.39, 0.29) is 6.54 Å². The molecule has 16 heavy (non-hydrogen) atoms. The van der Waals surface area contributed by atoms with Gasteiger partial charge in [-0.1, -0.05) is 6.07 Å². The summed E-state index contributed by atoms with van der Waals surface area (Å²) < 4.78 is 48.6. The highest BCUT2D eigenvalue weighted by Gasteiger charge is 2.39. The van der Waals surface area contributed by atoms with E-state index in [2.05, 4.69) is 10.3 Å². The molecule has 2 nitrogen and oxygen atoms in total. The molecule has 0 atom stereocenters. The van der Waals surface area contributed by atoms with Crippen LogP contribution in [0.4, 0.5) is 17.6 Å². The maximum atomic E-state index is 12.5. The second kappa shape index (κ2) is 5.25. The summed E-state index contributed by atoms with van der Waals surface area (Å²) in [4.78, 5) is 4.04. The lowest BCUT2D eigenvalue weighted by Gasteiger charge is -2.15. The first-order valence-corrected chi connectivity index (χ1v) is 4.71. The Balaban J connectivity index is 2.42. The summed E-state index contributed by atoms with van der Waals surface area (Å²) in [7, 11) is 0. The van der Waals surface area contributed by atoms with E-state index in [0.717, 1.165) is 5.69 Å². The third-order valence-corrected chi connectivity index (χ3v) is 1.93. The Morgan fingerprint density at radius 1 is 1.38 bits per heavy atom. The van der Waals surface area contributed by atoms with Crippen molar-refractivity contribution < 1.29 is 17.6 Å². The van der Waals surface area contributed by atoms with Gasteiger partial charge in [-0.25, -0.2) is 8.78 Å². The Bertz CT molecular complexity index is 341. The molecule has 1 aromatic heterocycles. The van der Waals surface area contributed by atoms with Crippen LogP contribution in [0.1, 0.15) is 11.4 Å². The summed E-state index contributed by atoms with van der Waals surface area (Å²) in [5.41, 5.74) is 1.30. The van der Waals surface area contributed by atoms with Crippen LogP contribution in [0.15, 0.2) is 18.2 Å². The van der Waals surface area contributed by atoms with Crippen LogP contribution < -0.4 is 5.32 Å². The minimum absolute atomic E-state index is 0.0456. The van der Waals surface area contributed by atoms with Crippen molar-refractivity contribution in [3.05, 3.63) is 29.6 Å². The normalized spacial score (nSPS) is 12.1. The zero-order chi connectivity index (χ0) is 12.2. The van der Waals surface area contributed by atoms with Crippen molar-refractivity contribution in [3.8, 4) is 0 Å². The molecule has 1 aromatic rings. The van der Waals surface area contributed by atoms with Gasteiger partial charge < -0.3 is 5.32 Å². The fraction of sp³-hybridized carbons (Fsp3) is 0.500. The Kier molecular flexibility index (Phi) is 4.23. The first-order chi connectivity index (χ1) is 7.42. The summed E-state index contributed by atoms with van der Waals surface area (Å²) in [5.74, 6) is -4.00. The molecular formula is C10H12F4N2. The van der Waals surface area contributed by atoms with Gasteiger partial charge in [0.05, 0.1) is 12.2 Å². The van der Waals surface area contributed by atoms with Crippen molar-refractivity contribution in [2.24, 2.45) is 0 Å². The lowest BCUT2D eigenvalue weighted by molar-refractivity contribution is -0.125. The fourth-order valence-electron chi connectivity index (χ4n) is 1.13. The van der Waals surface area contributed by atoms with E-state index >= 15 is 0 Å². The number of aromatic nitrogens is 1. The average molecular weight is 236 g/mol. The Hall–Kier alpha value is -1.17. The van der Waals surface area contributed by atoms with Gasteiger partial charge in [0.1, 0.15) is 0 Å². The summed E-state index contributed by atoms with van der Waals surface area (Å²) in [6.07, 6.45) is -3.65. The van der Waals surface area contributed by atoms with Crippen molar-refractivity contribution >= 4 is 0 Å². The molecule has 1 heterocycles.